The minimum absolute atomic E-state index is 0.633. The van der Waals surface area contributed by atoms with Crippen LogP contribution in [0.1, 0.15) is 0 Å². The first-order valence-corrected chi connectivity index (χ1v) is 10.5. The van der Waals surface area contributed by atoms with Gasteiger partial charge in [0.1, 0.15) is 0 Å². The number of fused-ring (bicyclic) bond motifs is 3. The van der Waals surface area contributed by atoms with Gasteiger partial charge in [-0.05, 0) is 59.3 Å². The summed E-state index contributed by atoms with van der Waals surface area (Å²) in [6, 6.07) is 19.5. The van der Waals surface area contributed by atoms with E-state index in [2.05, 4.69) is 9.97 Å². The summed E-state index contributed by atoms with van der Waals surface area (Å²) in [7, 11) is 0. The third kappa shape index (κ3) is 3.08. The number of nitrogens with zero attached hydrogens (tertiary/aromatic N) is 3. The van der Waals surface area contributed by atoms with E-state index in [4.69, 9.17) is 22.2 Å². The maximum Gasteiger partial charge on any atom is 0.0788 e. The van der Waals surface area contributed by atoms with Gasteiger partial charge in [-0.25, -0.2) is 0 Å². The maximum atomic E-state index is 6.41. The van der Waals surface area contributed by atoms with Gasteiger partial charge in [-0.3, -0.25) is 15.0 Å². The van der Waals surface area contributed by atoms with Gasteiger partial charge in [0.05, 0.1) is 11.2 Å². The van der Waals surface area contributed by atoms with Crippen LogP contribution in [-0.4, -0.2) is 15.0 Å². The van der Waals surface area contributed by atoms with Crippen molar-refractivity contribution in [3.05, 3.63) is 85.5 Å². The zero-order valence-corrected chi connectivity index (χ0v) is 17.7. The summed E-state index contributed by atoms with van der Waals surface area (Å²) >= 11 is 0. The molecule has 0 amide bonds. The molecule has 0 aliphatic rings. The number of pyridine rings is 3. The molecule has 3 aromatic carbocycles. The Morgan fingerprint density at radius 1 is 0.545 bits per heavy atom. The smallest absolute Gasteiger partial charge is 0.0788 e. The van der Waals surface area contributed by atoms with Crippen LogP contribution in [0.4, 0.5) is 17.1 Å². The quantitative estimate of drug-likeness (QED) is 0.317. The number of anilines is 3. The molecule has 6 heteroatoms. The molecule has 0 atom stereocenters. The Morgan fingerprint density at radius 2 is 1.36 bits per heavy atom. The van der Waals surface area contributed by atoms with Crippen molar-refractivity contribution in [3.8, 4) is 22.4 Å². The lowest BCUT2D eigenvalue weighted by molar-refractivity contribution is 1.34. The molecule has 0 aliphatic heterocycles. The maximum absolute atomic E-state index is 6.41. The standard InChI is InChI=1S/C27H20N6/c28-17-4-3-15-5-7-33-27(20(15)9-17)23-12-19(30)10-21-24(13-31-14-25(21)23)22-11-18(29)8-16-2-1-6-32-26(16)22/h1-14H,28-30H2. The van der Waals surface area contributed by atoms with Crippen molar-refractivity contribution in [1.82, 2.24) is 15.0 Å². The molecule has 0 unspecified atom stereocenters. The van der Waals surface area contributed by atoms with Gasteiger partial charge >= 0.3 is 0 Å². The normalized spacial score (nSPS) is 11.4. The summed E-state index contributed by atoms with van der Waals surface area (Å²) in [5.41, 5.74) is 25.1. The lowest BCUT2D eigenvalue weighted by Gasteiger charge is -2.14. The molecule has 6 aromatic rings. The molecule has 0 radical (unpaired) electrons. The van der Waals surface area contributed by atoms with E-state index >= 15 is 0 Å². The lowest BCUT2D eigenvalue weighted by atomic mass is 9.93. The van der Waals surface area contributed by atoms with E-state index in [0.29, 0.717) is 17.1 Å². The average molecular weight is 428 g/mol. The van der Waals surface area contributed by atoms with Gasteiger partial charge in [0, 0.05) is 74.7 Å². The summed E-state index contributed by atoms with van der Waals surface area (Å²) in [5.74, 6) is 0. The predicted molar refractivity (Wildman–Crippen MR) is 136 cm³/mol. The van der Waals surface area contributed by atoms with E-state index in [1.165, 1.54) is 0 Å². The molecular formula is C27H20N6. The van der Waals surface area contributed by atoms with Crippen LogP contribution >= 0.6 is 0 Å². The van der Waals surface area contributed by atoms with Gasteiger partial charge in [-0.15, -0.1) is 0 Å². The Bertz CT molecular complexity index is 1710. The van der Waals surface area contributed by atoms with Crippen LogP contribution in [0, 0.1) is 0 Å². The molecule has 0 spiro atoms. The Morgan fingerprint density at radius 3 is 2.27 bits per heavy atom. The first-order valence-electron chi connectivity index (χ1n) is 10.5. The molecule has 6 rings (SSSR count). The minimum Gasteiger partial charge on any atom is -0.399 e. The molecule has 3 heterocycles. The van der Waals surface area contributed by atoms with E-state index < -0.39 is 0 Å². The van der Waals surface area contributed by atoms with Gasteiger partial charge in [0.2, 0.25) is 0 Å². The van der Waals surface area contributed by atoms with Gasteiger partial charge < -0.3 is 17.2 Å². The fourth-order valence-corrected chi connectivity index (χ4v) is 4.53. The van der Waals surface area contributed by atoms with Crippen LogP contribution in [-0.2, 0) is 0 Å². The number of nitrogens with two attached hydrogens (primary N) is 3. The number of benzene rings is 3. The monoisotopic (exact) mass is 428 g/mol. The Balaban J connectivity index is 1.71. The summed E-state index contributed by atoms with van der Waals surface area (Å²) < 4.78 is 0. The fourth-order valence-electron chi connectivity index (χ4n) is 4.53. The van der Waals surface area contributed by atoms with Crippen LogP contribution in [0.5, 0.6) is 0 Å². The first kappa shape index (κ1) is 19.0. The Labute approximate surface area is 189 Å². The molecule has 0 saturated heterocycles. The average Bonchev–Trinajstić information content (AvgIpc) is 2.82. The second-order valence-corrected chi connectivity index (χ2v) is 8.13. The van der Waals surface area contributed by atoms with Crippen molar-refractivity contribution in [2.24, 2.45) is 0 Å². The summed E-state index contributed by atoms with van der Waals surface area (Å²) in [5, 5.41) is 4.89. The largest absolute Gasteiger partial charge is 0.399 e. The lowest BCUT2D eigenvalue weighted by Crippen LogP contribution is -1.96. The van der Waals surface area contributed by atoms with Gasteiger partial charge in [0.15, 0.2) is 0 Å². The second kappa shape index (κ2) is 7.17. The van der Waals surface area contributed by atoms with Crippen molar-refractivity contribution in [1.29, 1.82) is 0 Å². The Hall–Kier alpha value is -4.71. The van der Waals surface area contributed by atoms with Crippen LogP contribution < -0.4 is 17.2 Å². The van der Waals surface area contributed by atoms with E-state index in [0.717, 1.165) is 54.8 Å². The van der Waals surface area contributed by atoms with Crippen LogP contribution in [0.25, 0.3) is 54.8 Å². The van der Waals surface area contributed by atoms with Crippen molar-refractivity contribution in [2.75, 3.05) is 17.2 Å². The molecular weight excluding hydrogens is 408 g/mol. The zero-order valence-electron chi connectivity index (χ0n) is 17.7. The van der Waals surface area contributed by atoms with Crippen LogP contribution in [0.3, 0.4) is 0 Å². The molecule has 0 bridgehead atoms. The molecule has 0 fully saturated rings. The number of hydrogen-bond donors (Lipinski definition) is 3. The Kier molecular flexibility index (Phi) is 4.13. The van der Waals surface area contributed by atoms with Crippen LogP contribution in [0.2, 0.25) is 0 Å². The predicted octanol–water partition coefficient (Wildman–Crippen LogP) is 5.41. The van der Waals surface area contributed by atoms with E-state index in [-0.39, 0.29) is 0 Å². The van der Waals surface area contributed by atoms with Crippen molar-refractivity contribution in [2.45, 2.75) is 0 Å². The van der Waals surface area contributed by atoms with Gasteiger partial charge in [0.25, 0.3) is 0 Å². The summed E-state index contributed by atoms with van der Waals surface area (Å²) in [6.07, 6.45) is 7.27. The highest BCUT2D eigenvalue weighted by Crippen LogP contribution is 2.40. The van der Waals surface area contributed by atoms with Crippen molar-refractivity contribution in [3.63, 3.8) is 0 Å². The SMILES string of the molecule is Nc1cc(-c2cncc3c(-c4nccc5ccc(N)cc45)cc(N)cc23)c2ncccc2c1. The van der Waals surface area contributed by atoms with E-state index in [1.54, 1.807) is 12.4 Å². The molecule has 33 heavy (non-hydrogen) atoms. The highest BCUT2D eigenvalue weighted by Gasteiger charge is 2.16. The molecule has 6 nitrogen and oxygen atoms in total. The summed E-state index contributed by atoms with van der Waals surface area (Å²) in [6.45, 7) is 0. The fraction of sp³-hybridized carbons (Fsp3) is 0. The number of rotatable bonds is 2. The second-order valence-electron chi connectivity index (χ2n) is 8.13. The van der Waals surface area contributed by atoms with Crippen molar-refractivity contribution >= 4 is 49.5 Å². The molecule has 6 N–H and O–H groups in total. The number of nitrogen functional groups attached to an aromatic ring is 3. The molecule has 0 aliphatic carbocycles. The number of aromatic nitrogens is 3. The first-order chi connectivity index (χ1) is 16.1. The van der Waals surface area contributed by atoms with Gasteiger partial charge in [-0.1, -0.05) is 12.1 Å². The topological polar surface area (TPSA) is 117 Å². The van der Waals surface area contributed by atoms with E-state index in [9.17, 15) is 0 Å². The molecule has 158 valence electrons. The third-order valence-corrected chi connectivity index (χ3v) is 5.96. The zero-order chi connectivity index (χ0) is 22.5. The number of hydrogen-bond acceptors (Lipinski definition) is 6. The third-order valence-electron chi connectivity index (χ3n) is 5.96. The minimum atomic E-state index is 0.633. The highest BCUT2D eigenvalue weighted by atomic mass is 14.7. The molecule has 0 saturated carbocycles. The summed E-state index contributed by atoms with van der Waals surface area (Å²) in [4.78, 5) is 13.9. The van der Waals surface area contributed by atoms with Gasteiger partial charge in [-0.2, -0.15) is 0 Å². The highest BCUT2D eigenvalue weighted by molar-refractivity contribution is 6.11. The molecule has 3 aromatic heterocycles. The van der Waals surface area contributed by atoms with Crippen molar-refractivity contribution < 1.29 is 0 Å². The van der Waals surface area contributed by atoms with E-state index in [1.807, 2.05) is 73.1 Å². The van der Waals surface area contributed by atoms with Crippen LogP contribution in [0.15, 0.2) is 85.5 Å².